The van der Waals surface area contributed by atoms with Crippen molar-refractivity contribution in [2.45, 2.75) is 46.0 Å². The molecule has 230 valence electrons. The van der Waals surface area contributed by atoms with Crippen molar-refractivity contribution >= 4 is 22.6 Å². The molecule has 0 spiro atoms. The second kappa shape index (κ2) is 12.8. The minimum absolute atomic E-state index is 0.219. The fraction of sp³-hybridized carbons (Fsp3) is 0.250. The van der Waals surface area contributed by atoms with Gasteiger partial charge in [0, 0.05) is 30.1 Å². The predicted molar refractivity (Wildman–Crippen MR) is 171 cm³/mol. The van der Waals surface area contributed by atoms with Crippen LogP contribution in [0.1, 0.15) is 43.9 Å². The number of pyridine rings is 1. The maximum Gasteiger partial charge on any atom is 0.410 e. The lowest BCUT2D eigenvalue weighted by Gasteiger charge is -2.29. The molecule has 0 radical (unpaired) electrons. The van der Waals surface area contributed by atoms with Crippen LogP contribution in [0, 0.1) is 5.82 Å². The Balaban J connectivity index is 1.27. The summed E-state index contributed by atoms with van der Waals surface area (Å²) in [5.41, 5.74) is 4.17. The topological polar surface area (TPSA) is 89.6 Å². The molecule has 1 aliphatic rings. The molecule has 9 heteroatoms. The molecule has 0 saturated carbocycles. The van der Waals surface area contributed by atoms with Gasteiger partial charge >= 0.3 is 6.09 Å². The van der Waals surface area contributed by atoms with Crippen LogP contribution in [0.15, 0.2) is 91.0 Å². The quantitative estimate of drug-likeness (QED) is 0.193. The molecule has 0 atom stereocenters. The molecule has 0 fully saturated rings. The summed E-state index contributed by atoms with van der Waals surface area (Å²) in [6, 6.07) is 26.9. The average molecular weight is 607 g/mol. The van der Waals surface area contributed by atoms with Crippen LogP contribution in [0.4, 0.5) is 9.18 Å². The minimum Gasteiger partial charge on any atom is -0.473 e. The van der Waals surface area contributed by atoms with E-state index in [9.17, 15) is 4.79 Å². The number of benzene rings is 3. The Kier molecular flexibility index (Phi) is 8.51. The average Bonchev–Trinajstić information content (AvgIpc) is 3.48. The molecule has 5 aromatic rings. The lowest BCUT2D eigenvalue weighted by Crippen LogP contribution is -2.39. The molecule has 6 rings (SSSR count). The molecular formula is C36H35FN4O4. The van der Waals surface area contributed by atoms with Crippen molar-refractivity contribution in [2.24, 2.45) is 0 Å². The van der Waals surface area contributed by atoms with E-state index in [1.54, 1.807) is 17.0 Å². The maximum absolute atomic E-state index is 16.0. The number of fused-ring (bicyclic) bond motifs is 1. The Hall–Kier alpha value is -5.18. The number of amides is 1. The molecule has 3 aromatic carbocycles. The number of nitrogens with one attached hydrogen (secondary N) is 1. The van der Waals surface area contributed by atoms with Crippen molar-refractivity contribution in [1.29, 1.82) is 0 Å². The second-order valence-corrected chi connectivity index (χ2v) is 11.9. The molecule has 3 heterocycles. The van der Waals surface area contributed by atoms with Crippen LogP contribution < -0.4 is 9.47 Å². The van der Waals surface area contributed by atoms with E-state index in [4.69, 9.17) is 14.2 Å². The largest absolute Gasteiger partial charge is 0.473 e. The predicted octanol–water partition coefficient (Wildman–Crippen LogP) is 7.95. The Labute approximate surface area is 261 Å². The number of aromatic amines is 1. The van der Waals surface area contributed by atoms with Gasteiger partial charge in [-0.3, -0.25) is 5.10 Å². The van der Waals surface area contributed by atoms with Crippen LogP contribution in [-0.4, -0.2) is 44.9 Å². The number of carbonyl (C=O) groups excluding carboxylic acids is 1. The standard InChI is InChI=1S/C36H35FN4O4/c1-36(2,3)45-35(42)41-20-18-26(19-21-41)27-14-15-28-32(39-40-33(28)31(27)37)29-16-17-30(43-22-24-10-6-4-7-11-24)38-34(29)44-23-25-12-8-5-9-13-25/h4-18H,19-23H2,1-3H3,(H,39,40). The van der Waals surface area contributed by atoms with Crippen molar-refractivity contribution in [3.8, 4) is 23.0 Å². The first-order valence-corrected chi connectivity index (χ1v) is 14.9. The zero-order chi connectivity index (χ0) is 31.4. The van der Waals surface area contributed by atoms with E-state index in [1.165, 1.54) is 0 Å². The molecule has 1 aliphatic heterocycles. The fourth-order valence-corrected chi connectivity index (χ4v) is 5.17. The zero-order valence-corrected chi connectivity index (χ0v) is 25.5. The van der Waals surface area contributed by atoms with Crippen molar-refractivity contribution < 1.29 is 23.4 Å². The number of carbonyl (C=O) groups is 1. The van der Waals surface area contributed by atoms with Gasteiger partial charge in [0.05, 0.1) is 11.3 Å². The summed E-state index contributed by atoms with van der Waals surface area (Å²) in [5, 5.41) is 7.99. The minimum atomic E-state index is -0.576. The van der Waals surface area contributed by atoms with E-state index in [-0.39, 0.29) is 11.6 Å². The van der Waals surface area contributed by atoms with E-state index >= 15 is 4.39 Å². The molecular weight excluding hydrogens is 571 g/mol. The smallest absolute Gasteiger partial charge is 0.410 e. The van der Waals surface area contributed by atoms with Gasteiger partial charge in [0.2, 0.25) is 11.8 Å². The van der Waals surface area contributed by atoms with Crippen molar-refractivity contribution in [3.63, 3.8) is 0 Å². The van der Waals surface area contributed by atoms with Crippen molar-refractivity contribution in [3.05, 3.63) is 114 Å². The van der Waals surface area contributed by atoms with E-state index in [0.29, 0.717) is 66.7 Å². The number of H-pyrrole nitrogens is 1. The van der Waals surface area contributed by atoms with Crippen LogP contribution in [0.25, 0.3) is 27.7 Å². The van der Waals surface area contributed by atoms with Crippen LogP contribution in [0.3, 0.4) is 0 Å². The van der Waals surface area contributed by atoms with Crippen LogP contribution >= 0.6 is 0 Å². The van der Waals surface area contributed by atoms with Gasteiger partial charge in [-0.25, -0.2) is 9.18 Å². The Bertz CT molecular complexity index is 1830. The van der Waals surface area contributed by atoms with Gasteiger partial charge in [-0.2, -0.15) is 10.1 Å². The van der Waals surface area contributed by atoms with Crippen molar-refractivity contribution in [2.75, 3.05) is 13.1 Å². The Morgan fingerprint density at radius 1 is 0.889 bits per heavy atom. The highest BCUT2D eigenvalue weighted by Crippen LogP contribution is 2.37. The van der Waals surface area contributed by atoms with Gasteiger partial charge < -0.3 is 19.1 Å². The van der Waals surface area contributed by atoms with E-state index in [1.807, 2.05) is 99.6 Å². The lowest BCUT2D eigenvalue weighted by molar-refractivity contribution is 0.0270. The summed E-state index contributed by atoms with van der Waals surface area (Å²) in [4.78, 5) is 18.8. The van der Waals surface area contributed by atoms with Gasteiger partial charge in [-0.05, 0) is 56.0 Å². The monoisotopic (exact) mass is 606 g/mol. The Morgan fingerprint density at radius 2 is 1.56 bits per heavy atom. The summed E-state index contributed by atoms with van der Waals surface area (Å²) < 4.78 is 33.6. The molecule has 0 aliphatic carbocycles. The normalized spacial score (nSPS) is 13.4. The number of aromatic nitrogens is 3. The third-order valence-electron chi connectivity index (χ3n) is 7.42. The highest BCUT2D eigenvalue weighted by Gasteiger charge is 2.26. The molecule has 0 saturated heterocycles. The zero-order valence-electron chi connectivity index (χ0n) is 25.5. The second-order valence-electron chi connectivity index (χ2n) is 11.9. The van der Waals surface area contributed by atoms with Gasteiger partial charge in [-0.1, -0.05) is 72.8 Å². The molecule has 1 N–H and O–H groups in total. The summed E-state index contributed by atoms with van der Waals surface area (Å²) >= 11 is 0. The van der Waals surface area contributed by atoms with Gasteiger partial charge in [0.15, 0.2) is 5.82 Å². The van der Waals surface area contributed by atoms with E-state index in [0.717, 1.165) is 16.7 Å². The number of hydrogen-bond donors (Lipinski definition) is 1. The molecule has 8 nitrogen and oxygen atoms in total. The molecule has 45 heavy (non-hydrogen) atoms. The first-order valence-electron chi connectivity index (χ1n) is 14.9. The first kappa shape index (κ1) is 29.9. The maximum atomic E-state index is 16.0. The number of nitrogens with zero attached hydrogens (tertiary/aromatic N) is 3. The van der Waals surface area contributed by atoms with Crippen molar-refractivity contribution in [1.82, 2.24) is 20.1 Å². The molecule has 1 amide bonds. The Morgan fingerprint density at radius 3 is 2.20 bits per heavy atom. The summed E-state index contributed by atoms with van der Waals surface area (Å²) in [6.07, 6.45) is 2.00. The summed E-state index contributed by atoms with van der Waals surface area (Å²) in [6.45, 7) is 6.95. The third kappa shape index (κ3) is 6.98. The van der Waals surface area contributed by atoms with Crippen LogP contribution in [0.2, 0.25) is 0 Å². The highest BCUT2D eigenvalue weighted by atomic mass is 19.1. The SMILES string of the molecule is CC(C)(C)OC(=O)N1CC=C(c2ccc3c(-c4ccc(OCc5ccccc5)nc4OCc4ccccc4)[nH]nc3c2F)CC1. The number of hydrogen-bond acceptors (Lipinski definition) is 6. The third-order valence-corrected chi connectivity index (χ3v) is 7.42. The summed E-state index contributed by atoms with van der Waals surface area (Å²) in [5.74, 6) is 0.332. The molecule has 0 unspecified atom stereocenters. The van der Waals surface area contributed by atoms with Gasteiger partial charge in [0.25, 0.3) is 0 Å². The number of rotatable bonds is 8. The van der Waals surface area contributed by atoms with Gasteiger partial charge in [-0.15, -0.1) is 0 Å². The molecule has 2 aromatic heterocycles. The molecule has 0 bridgehead atoms. The number of halogens is 1. The van der Waals surface area contributed by atoms with Crippen LogP contribution in [0.5, 0.6) is 11.8 Å². The van der Waals surface area contributed by atoms with E-state index in [2.05, 4.69) is 15.2 Å². The summed E-state index contributed by atoms with van der Waals surface area (Å²) in [7, 11) is 0. The number of ether oxygens (including phenoxy) is 3. The fourth-order valence-electron chi connectivity index (χ4n) is 5.17. The van der Waals surface area contributed by atoms with Crippen LogP contribution in [-0.2, 0) is 18.0 Å². The lowest BCUT2D eigenvalue weighted by atomic mass is 9.97. The highest BCUT2D eigenvalue weighted by molar-refractivity contribution is 5.96. The van der Waals surface area contributed by atoms with Gasteiger partial charge in [0.1, 0.15) is 24.3 Å². The van der Waals surface area contributed by atoms with E-state index < -0.39 is 11.4 Å². The first-order chi connectivity index (χ1) is 21.7.